The van der Waals surface area contributed by atoms with E-state index in [0.29, 0.717) is 65.5 Å². The third-order valence-corrected chi connectivity index (χ3v) is 6.52. The molecule has 1 saturated heterocycles. The molecular weight excluding hydrogens is 538 g/mol. The Balaban J connectivity index is 1.26. The molecule has 212 valence electrons. The molecule has 1 fully saturated rings. The molecule has 40 heavy (non-hydrogen) atoms. The van der Waals surface area contributed by atoms with Gasteiger partial charge in [0.1, 0.15) is 23.9 Å². The van der Waals surface area contributed by atoms with Gasteiger partial charge in [0.25, 0.3) is 0 Å². The number of nitrogens with one attached hydrogen (secondary N) is 3. The van der Waals surface area contributed by atoms with Crippen LogP contribution in [0.25, 0.3) is 0 Å². The van der Waals surface area contributed by atoms with Crippen LogP contribution in [0.2, 0.25) is 5.02 Å². The van der Waals surface area contributed by atoms with Crippen molar-refractivity contribution in [3.8, 4) is 17.2 Å². The lowest BCUT2D eigenvalue weighted by Crippen LogP contribution is -2.50. The minimum Gasteiger partial charge on any atom is -0.497 e. The number of urea groups is 2. The van der Waals surface area contributed by atoms with Crippen LogP contribution in [0.4, 0.5) is 32.3 Å². The first-order valence-corrected chi connectivity index (χ1v) is 13.0. The molecule has 0 aromatic heterocycles. The second-order valence-corrected chi connectivity index (χ2v) is 9.25. The predicted octanol–water partition coefficient (Wildman–Crippen LogP) is 4.73. The molecule has 1 aliphatic heterocycles. The summed E-state index contributed by atoms with van der Waals surface area (Å²) in [5.74, 6) is 1.66. The van der Waals surface area contributed by atoms with E-state index in [-0.39, 0.29) is 19.2 Å². The van der Waals surface area contributed by atoms with Gasteiger partial charge in [-0.1, -0.05) is 11.6 Å². The summed E-state index contributed by atoms with van der Waals surface area (Å²) in [6.45, 7) is 2.45. The Morgan fingerprint density at radius 3 is 2.08 bits per heavy atom. The van der Waals surface area contributed by atoms with Crippen LogP contribution >= 0.6 is 11.6 Å². The highest BCUT2D eigenvalue weighted by Gasteiger charge is 2.22. The number of methoxy groups -OCH3 is 2. The van der Waals surface area contributed by atoms with Gasteiger partial charge in [-0.15, -0.1) is 0 Å². The molecule has 0 spiro atoms. The molecule has 0 atom stereocenters. The predicted molar refractivity (Wildman–Crippen MR) is 155 cm³/mol. The highest BCUT2D eigenvalue weighted by atomic mass is 35.5. The van der Waals surface area contributed by atoms with Crippen molar-refractivity contribution >= 4 is 46.4 Å². The van der Waals surface area contributed by atoms with Crippen LogP contribution in [-0.4, -0.2) is 75.7 Å². The Hall–Kier alpha value is -4.35. The first-order chi connectivity index (χ1) is 19.4. The Kier molecular flexibility index (Phi) is 9.76. The van der Waals surface area contributed by atoms with Gasteiger partial charge in [-0.05, 0) is 36.4 Å². The monoisotopic (exact) mass is 569 g/mol. The quantitative estimate of drug-likeness (QED) is 0.294. The SMILES string of the molecule is COc1cc(NC(=O)Nc2ccc(N3CCN(C(=O)Nc4ccc(OCCO)cc4Cl)CC3)cc2)cc(OC)c1. The van der Waals surface area contributed by atoms with Crippen LogP contribution in [0.5, 0.6) is 17.2 Å². The molecule has 0 bridgehead atoms. The summed E-state index contributed by atoms with van der Waals surface area (Å²) >= 11 is 6.28. The van der Waals surface area contributed by atoms with Crippen molar-refractivity contribution in [3.63, 3.8) is 0 Å². The minimum absolute atomic E-state index is 0.0956. The molecule has 3 aromatic rings. The second-order valence-electron chi connectivity index (χ2n) is 8.85. The maximum absolute atomic E-state index is 12.8. The van der Waals surface area contributed by atoms with E-state index in [1.54, 1.807) is 55.5 Å². The number of amides is 4. The van der Waals surface area contributed by atoms with E-state index in [2.05, 4.69) is 20.9 Å². The van der Waals surface area contributed by atoms with Gasteiger partial charge in [0, 0.05) is 67.5 Å². The van der Waals surface area contributed by atoms with Crippen LogP contribution in [-0.2, 0) is 0 Å². The van der Waals surface area contributed by atoms with Crippen molar-refractivity contribution in [1.82, 2.24) is 4.90 Å². The van der Waals surface area contributed by atoms with Gasteiger partial charge in [-0.25, -0.2) is 9.59 Å². The number of ether oxygens (including phenoxy) is 3. The molecule has 0 radical (unpaired) electrons. The highest BCUT2D eigenvalue weighted by molar-refractivity contribution is 6.33. The van der Waals surface area contributed by atoms with Gasteiger partial charge >= 0.3 is 12.1 Å². The number of carbonyl (C=O) groups is 2. The second kappa shape index (κ2) is 13.6. The van der Waals surface area contributed by atoms with E-state index in [1.165, 1.54) is 0 Å². The fraction of sp³-hybridized carbons (Fsp3) is 0.286. The molecule has 12 heteroatoms. The van der Waals surface area contributed by atoms with Crippen molar-refractivity contribution in [3.05, 3.63) is 65.7 Å². The first kappa shape index (κ1) is 28.7. The fourth-order valence-corrected chi connectivity index (χ4v) is 4.36. The summed E-state index contributed by atoms with van der Waals surface area (Å²) in [6, 6.07) is 17.0. The standard InChI is InChI=1S/C28H32ClN5O6/c1-38-23-15-20(16-24(17-23)39-2)31-27(36)30-19-3-5-21(6-4-19)33-9-11-34(12-10-33)28(37)32-26-8-7-22(18-25(26)29)40-14-13-35/h3-8,15-18,35H,9-14H2,1-2H3,(H,32,37)(H2,30,31,36). The molecule has 4 amide bonds. The molecule has 0 aliphatic carbocycles. The number of carbonyl (C=O) groups excluding carboxylic acids is 2. The van der Waals surface area contributed by atoms with E-state index >= 15 is 0 Å². The smallest absolute Gasteiger partial charge is 0.323 e. The van der Waals surface area contributed by atoms with Gasteiger partial charge in [0.2, 0.25) is 0 Å². The minimum atomic E-state index is -0.393. The van der Waals surface area contributed by atoms with Crippen LogP contribution in [0.1, 0.15) is 0 Å². The largest absolute Gasteiger partial charge is 0.497 e. The number of rotatable bonds is 9. The number of piperazine rings is 1. The zero-order chi connectivity index (χ0) is 28.5. The maximum atomic E-state index is 12.8. The van der Waals surface area contributed by atoms with E-state index in [0.717, 1.165) is 5.69 Å². The van der Waals surface area contributed by atoms with Gasteiger partial charge < -0.3 is 45.1 Å². The number of hydrogen-bond donors (Lipinski definition) is 4. The zero-order valence-corrected chi connectivity index (χ0v) is 23.0. The van der Waals surface area contributed by atoms with Crippen molar-refractivity contribution in [2.24, 2.45) is 0 Å². The average molecular weight is 570 g/mol. The number of aliphatic hydroxyl groups is 1. The van der Waals surface area contributed by atoms with E-state index in [4.69, 9.17) is 30.9 Å². The summed E-state index contributed by atoms with van der Waals surface area (Å²) in [5, 5.41) is 17.7. The van der Waals surface area contributed by atoms with Gasteiger partial charge in [0.05, 0.1) is 31.5 Å². The maximum Gasteiger partial charge on any atom is 0.323 e. The number of halogens is 1. The Bertz CT molecular complexity index is 1290. The molecule has 0 saturated carbocycles. The van der Waals surface area contributed by atoms with Gasteiger partial charge in [-0.2, -0.15) is 0 Å². The average Bonchev–Trinajstić information content (AvgIpc) is 2.97. The molecule has 4 rings (SSSR count). The van der Waals surface area contributed by atoms with Crippen LogP contribution in [0, 0.1) is 0 Å². The molecule has 0 unspecified atom stereocenters. The number of aliphatic hydroxyl groups excluding tert-OH is 1. The Labute approximate surface area is 237 Å². The lowest BCUT2D eigenvalue weighted by molar-refractivity contribution is 0.201. The third-order valence-electron chi connectivity index (χ3n) is 6.21. The molecule has 1 heterocycles. The molecule has 4 N–H and O–H groups in total. The van der Waals surface area contributed by atoms with Crippen molar-refractivity contribution in [1.29, 1.82) is 0 Å². The van der Waals surface area contributed by atoms with Crippen LogP contribution in [0.3, 0.4) is 0 Å². The molecule has 11 nitrogen and oxygen atoms in total. The Morgan fingerprint density at radius 1 is 0.825 bits per heavy atom. The number of anilines is 4. The first-order valence-electron chi connectivity index (χ1n) is 12.6. The summed E-state index contributed by atoms with van der Waals surface area (Å²) in [5.41, 5.74) is 2.66. The van der Waals surface area contributed by atoms with Crippen LogP contribution in [0.15, 0.2) is 60.7 Å². The number of benzene rings is 3. The lowest BCUT2D eigenvalue weighted by atomic mass is 10.2. The van der Waals surface area contributed by atoms with Crippen molar-refractivity contribution in [2.75, 3.05) is 74.5 Å². The normalized spacial score (nSPS) is 12.9. The summed E-state index contributed by atoms with van der Waals surface area (Å²) < 4.78 is 15.8. The van der Waals surface area contributed by atoms with Gasteiger partial charge in [0.15, 0.2) is 0 Å². The van der Waals surface area contributed by atoms with Crippen LogP contribution < -0.4 is 35.1 Å². The summed E-state index contributed by atoms with van der Waals surface area (Å²) in [7, 11) is 3.09. The Morgan fingerprint density at radius 2 is 1.48 bits per heavy atom. The topological polar surface area (TPSA) is 125 Å². The third kappa shape index (κ3) is 7.61. The van der Waals surface area contributed by atoms with Crippen molar-refractivity contribution < 1.29 is 28.9 Å². The highest BCUT2D eigenvalue weighted by Crippen LogP contribution is 2.28. The van der Waals surface area contributed by atoms with Gasteiger partial charge in [-0.3, -0.25) is 0 Å². The number of nitrogens with zero attached hydrogens (tertiary/aromatic N) is 2. The summed E-state index contributed by atoms with van der Waals surface area (Å²) in [6.07, 6.45) is 0. The fourth-order valence-electron chi connectivity index (χ4n) is 4.14. The molecule has 3 aromatic carbocycles. The molecular formula is C28H32ClN5O6. The molecule has 1 aliphatic rings. The van der Waals surface area contributed by atoms with E-state index in [9.17, 15) is 9.59 Å². The van der Waals surface area contributed by atoms with E-state index < -0.39 is 6.03 Å². The van der Waals surface area contributed by atoms with Crippen molar-refractivity contribution in [2.45, 2.75) is 0 Å². The zero-order valence-electron chi connectivity index (χ0n) is 22.3. The van der Waals surface area contributed by atoms with E-state index in [1.807, 2.05) is 24.3 Å². The number of hydrogen-bond acceptors (Lipinski definition) is 7. The summed E-state index contributed by atoms with van der Waals surface area (Å²) in [4.78, 5) is 29.2. The lowest BCUT2D eigenvalue weighted by Gasteiger charge is -2.36.